The highest BCUT2D eigenvalue weighted by molar-refractivity contribution is 5.89. The monoisotopic (exact) mass is 200 g/mol. The molecule has 2 heterocycles. The first-order valence-electron chi connectivity index (χ1n) is 5.55. The van der Waals surface area contributed by atoms with Crippen LogP contribution in [-0.4, -0.2) is 11.1 Å². The van der Waals surface area contributed by atoms with Crippen molar-refractivity contribution < 1.29 is 0 Å². The molecule has 3 rings (SSSR count). The Balaban J connectivity index is 2.47. The summed E-state index contributed by atoms with van der Waals surface area (Å²) in [6.07, 6.45) is 1.15. The number of nitrogens with zero attached hydrogens (tertiary/aromatic N) is 1. The molecular formula is C13H16N2. The maximum atomic E-state index is 3.49. The van der Waals surface area contributed by atoms with Gasteiger partial charge in [-0.2, -0.15) is 0 Å². The van der Waals surface area contributed by atoms with E-state index in [0.29, 0.717) is 0 Å². The molecule has 2 nitrogen and oxygen atoms in total. The van der Waals surface area contributed by atoms with Crippen LogP contribution in [0.5, 0.6) is 0 Å². The number of hydrogen-bond donors (Lipinski definition) is 1. The summed E-state index contributed by atoms with van der Waals surface area (Å²) < 4.78 is 2.31. The predicted molar refractivity (Wildman–Crippen MR) is 63.1 cm³/mol. The van der Waals surface area contributed by atoms with Crippen molar-refractivity contribution in [3.8, 4) is 0 Å². The maximum Gasteiger partial charge on any atom is 0.0485 e. The minimum atomic E-state index is 1.01. The van der Waals surface area contributed by atoms with Crippen molar-refractivity contribution in [2.24, 2.45) is 7.05 Å². The Morgan fingerprint density at radius 1 is 1.33 bits per heavy atom. The van der Waals surface area contributed by atoms with Crippen LogP contribution in [0.3, 0.4) is 0 Å². The second kappa shape index (κ2) is 3.11. The Kier molecular flexibility index (Phi) is 1.86. The van der Waals surface area contributed by atoms with Gasteiger partial charge in [0.1, 0.15) is 0 Å². The van der Waals surface area contributed by atoms with Crippen LogP contribution in [0.4, 0.5) is 0 Å². The minimum absolute atomic E-state index is 1.01. The number of hydrogen-bond acceptors (Lipinski definition) is 1. The normalized spacial score (nSPS) is 15.6. The van der Waals surface area contributed by atoms with Gasteiger partial charge in [-0.15, -0.1) is 0 Å². The zero-order valence-electron chi connectivity index (χ0n) is 9.30. The first kappa shape index (κ1) is 8.98. The highest BCUT2D eigenvalue weighted by atomic mass is 15.0. The number of rotatable bonds is 0. The van der Waals surface area contributed by atoms with E-state index in [1.54, 1.807) is 0 Å². The summed E-state index contributed by atoms with van der Waals surface area (Å²) in [6, 6.07) is 6.66. The Bertz CT molecular complexity index is 523. The van der Waals surface area contributed by atoms with E-state index >= 15 is 0 Å². The molecule has 0 saturated heterocycles. The van der Waals surface area contributed by atoms with Crippen LogP contribution in [0.2, 0.25) is 0 Å². The van der Waals surface area contributed by atoms with Crippen LogP contribution >= 0.6 is 0 Å². The summed E-state index contributed by atoms with van der Waals surface area (Å²) in [5.41, 5.74) is 5.76. The van der Waals surface area contributed by atoms with Crippen molar-refractivity contribution >= 4 is 10.9 Å². The van der Waals surface area contributed by atoms with Gasteiger partial charge in [0.2, 0.25) is 0 Å². The molecule has 15 heavy (non-hydrogen) atoms. The van der Waals surface area contributed by atoms with Crippen LogP contribution in [0, 0.1) is 6.92 Å². The lowest BCUT2D eigenvalue weighted by atomic mass is 10.0. The lowest BCUT2D eigenvalue weighted by Gasteiger charge is -2.03. The molecule has 0 fully saturated rings. The molecule has 0 atom stereocenters. The number of nitrogens with one attached hydrogen (secondary N) is 1. The fourth-order valence-electron chi connectivity index (χ4n) is 2.64. The van der Waals surface area contributed by atoms with E-state index in [1.165, 1.54) is 27.7 Å². The molecule has 0 bridgehead atoms. The van der Waals surface area contributed by atoms with E-state index in [2.05, 4.69) is 42.1 Å². The topological polar surface area (TPSA) is 17.0 Å². The lowest BCUT2D eigenvalue weighted by molar-refractivity contribution is 0.695. The van der Waals surface area contributed by atoms with Crippen LogP contribution in [-0.2, 0) is 20.0 Å². The summed E-state index contributed by atoms with van der Waals surface area (Å²) in [6.45, 7) is 4.32. The molecule has 0 spiro atoms. The average molecular weight is 200 g/mol. The average Bonchev–Trinajstić information content (AvgIpc) is 2.45. The van der Waals surface area contributed by atoms with E-state index in [9.17, 15) is 0 Å². The number of aryl methyl sites for hydroxylation is 1. The quantitative estimate of drug-likeness (QED) is 0.689. The highest BCUT2D eigenvalue weighted by Crippen LogP contribution is 2.29. The highest BCUT2D eigenvalue weighted by Gasteiger charge is 2.16. The SMILES string of the molecule is Cc1c2c3c(cccc3n1C)CCNC2. The van der Waals surface area contributed by atoms with Gasteiger partial charge in [0, 0.05) is 30.2 Å². The molecule has 2 heteroatoms. The van der Waals surface area contributed by atoms with Crippen molar-refractivity contribution in [1.82, 2.24) is 9.88 Å². The van der Waals surface area contributed by atoms with Gasteiger partial charge in [-0.1, -0.05) is 12.1 Å². The third-order valence-corrected chi connectivity index (χ3v) is 3.60. The van der Waals surface area contributed by atoms with Crippen LogP contribution in [0.1, 0.15) is 16.8 Å². The Labute approximate surface area is 89.9 Å². The van der Waals surface area contributed by atoms with Crippen molar-refractivity contribution in [2.45, 2.75) is 19.9 Å². The van der Waals surface area contributed by atoms with E-state index in [4.69, 9.17) is 0 Å². The maximum absolute atomic E-state index is 3.49. The van der Waals surface area contributed by atoms with E-state index in [1.807, 2.05) is 0 Å². The van der Waals surface area contributed by atoms with Crippen molar-refractivity contribution in [1.29, 1.82) is 0 Å². The smallest absolute Gasteiger partial charge is 0.0485 e. The molecular weight excluding hydrogens is 184 g/mol. The van der Waals surface area contributed by atoms with Gasteiger partial charge in [-0.25, -0.2) is 0 Å². The fourth-order valence-corrected chi connectivity index (χ4v) is 2.64. The molecule has 78 valence electrons. The van der Waals surface area contributed by atoms with Crippen molar-refractivity contribution in [2.75, 3.05) is 6.54 Å². The first-order valence-corrected chi connectivity index (χ1v) is 5.55. The van der Waals surface area contributed by atoms with Crippen molar-refractivity contribution in [3.05, 3.63) is 35.0 Å². The van der Waals surface area contributed by atoms with Crippen LogP contribution in [0.15, 0.2) is 18.2 Å². The van der Waals surface area contributed by atoms with Gasteiger partial charge in [0.15, 0.2) is 0 Å². The molecule has 1 aliphatic heterocycles. The van der Waals surface area contributed by atoms with E-state index in [0.717, 1.165) is 19.5 Å². The van der Waals surface area contributed by atoms with Gasteiger partial charge in [0.25, 0.3) is 0 Å². The first-order chi connectivity index (χ1) is 7.29. The van der Waals surface area contributed by atoms with Crippen molar-refractivity contribution in [3.63, 3.8) is 0 Å². The summed E-state index contributed by atoms with van der Waals surface area (Å²) in [5.74, 6) is 0. The Hall–Kier alpha value is -1.28. The fraction of sp³-hybridized carbons (Fsp3) is 0.385. The van der Waals surface area contributed by atoms with Crippen LogP contribution < -0.4 is 5.32 Å². The third-order valence-electron chi connectivity index (χ3n) is 3.60. The van der Waals surface area contributed by atoms with E-state index < -0.39 is 0 Å². The predicted octanol–water partition coefficient (Wildman–Crippen LogP) is 2.13. The molecule has 1 aromatic carbocycles. The molecule has 0 aliphatic carbocycles. The Morgan fingerprint density at radius 2 is 2.20 bits per heavy atom. The standard InChI is InChI=1S/C13H16N2/c1-9-11-8-14-7-6-10-4-3-5-12(13(10)11)15(9)2/h3-5,14H,6-8H2,1-2H3. The molecule has 0 unspecified atom stereocenters. The number of aromatic nitrogens is 1. The minimum Gasteiger partial charge on any atom is -0.348 e. The summed E-state index contributed by atoms with van der Waals surface area (Å²) in [7, 11) is 2.16. The van der Waals surface area contributed by atoms with Gasteiger partial charge in [-0.3, -0.25) is 0 Å². The zero-order chi connectivity index (χ0) is 10.4. The van der Waals surface area contributed by atoms with Crippen LogP contribution in [0.25, 0.3) is 10.9 Å². The molecule has 2 aromatic rings. The Morgan fingerprint density at radius 3 is 3.07 bits per heavy atom. The second-order valence-electron chi connectivity index (χ2n) is 4.36. The summed E-state index contributed by atoms with van der Waals surface area (Å²) >= 11 is 0. The molecule has 0 saturated carbocycles. The summed E-state index contributed by atoms with van der Waals surface area (Å²) in [5, 5.41) is 4.98. The van der Waals surface area contributed by atoms with Gasteiger partial charge in [-0.05, 0) is 37.1 Å². The van der Waals surface area contributed by atoms with E-state index in [-0.39, 0.29) is 0 Å². The molecule has 1 N–H and O–H groups in total. The number of benzene rings is 1. The molecule has 0 radical (unpaired) electrons. The van der Waals surface area contributed by atoms with Gasteiger partial charge < -0.3 is 9.88 Å². The second-order valence-corrected chi connectivity index (χ2v) is 4.36. The molecule has 1 aromatic heterocycles. The largest absolute Gasteiger partial charge is 0.348 e. The van der Waals surface area contributed by atoms with Gasteiger partial charge in [0.05, 0.1) is 0 Å². The lowest BCUT2D eigenvalue weighted by Crippen LogP contribution is -2.14. The third kappa shape index (κ3) is 1.15. The zero-order valence-corrected chi connectivity index (χ0v) is 9.30. The summed E-state index contributed by atoms with van der Waals surface area (Å²) in [4.78, 5) is 0. The molecule has 0 amide bonds. The molecule has 1 aliphatic rings. The van der Waals surface area contributed by atoms with Gasteiger partial charge >= 0.3 is 0 Å².